The Morgan fingerprint density at radius 2 is 1.32 bits per heavy atom. The van der Waals surface area contributed by atoms with Gasteiger partial charge < -0.3 is 4.90 Å². The standard InChI is InChI=1S/C21H22N2O2/c1-17-16-22(14-12-18-8-4-2-5-9-18)21(25)23(20(17)24)15-13-19-10-6-3-7-11-19/h2-11H,1,12-16H2. The normalized spacial score (nSPS) is 15.0. The van der Waals surface area contributed by atoms with Gasteiger partial charge >= 0.3 is 6.03 Å². The fourth-order valence-corrected chi connectivity index (χ4v) is 2.98. The van der Waals surface area contributed by atoms with Crippen molar-refractivity contribution in [2.24, 2.45) is 0 Å². The van der Waals surface area contributed by atoms with Crippen molar-refractivity contribution < 1.29 is 9.59 Å². The second-order valence-corrected chi connectivity index (χ2v) is 6.24. The van der Waals surface area contributed by atoms with Crippen molar-refractivity contribution in [3.63, 3.8) is 0 Å². The molecule has 0 aromatic heterocycles. The van der Waals surface area contributed by atoms with E-state index in [4.69, 9.17) is 0 Å². The van der Waals surface area contributed by atoms with Gasteiger partial charge in [-0.1, -0.05) is 67.2 Å². The third-order valence-corrected chi connectivity index (χ3v) is 4.41. The van der Waals surface area contributed by atoms with Gasteiger partial charge in [0.25, 0.3) is 5.91 Å². The van der Waals surface area contributed by atoms with E-state index in [1.807, 2.05) is 60.7 Å². The van der Waals surface area contributed by atoms with Crippen LogP contribution in [-0.2, 0) is 17.6 Å². The molecule has 4 nitrogen and oxygen atoms in total. The smallest absolute Gasteiger partial charge is 0.319 e. The first kappa shape index (κ1) is 17.0. The highest BCUT2D eigenvalue weighted by atomic mass is 16.2. The molecule has 2 aromatic rings. The van der Waals surface area contributed by atoms with Crippen LogP contribution in [0.3, 0.4) is 0 Å². The monoisotopic (exact) mass is 334 g/mol. The predicted octanol–water partition coefficient (Wildman–Crippen LogP) is 3.29. The topological polar surface area (TPSA) is 40.6 Å². The number of benzene rings is 2. The molecule has 0 saturated carbocycles. The summed E-state index contributed by atoms with van der Waals surface area (Å²) in [5.74, 6) is -0.253. The van der Waals surface area contributed by atoms with E-state index in [-0.39, 0.29) is 11.9 Å². The van der Waals surface area contributed by atoms with Gasteiger partial charge in [0, 0.05) is 18.7 Å². The molecule has 3 rings (SSSR count). The molecule has 0 aliphatic carbocycles. The molecule has 0 atom stereocenters. The summed E-state index contributed by atoms with van der Waals surface area (Å²) in [5.41, 5.74) is 2.75. The molecular formula is C21H22N2O2. The van der Waals surface area contributed by atoms with Gasteiger partial charge in [-0.15, -0.1) is 0 Å². The zero-order valence-electron chi connectivity index (χ0n) is 14.2. The van der Waals surface area contributed by atoms with Crippen LogP contribution >= 0.6 is 0 Å². The number of amides is 3. The van der Waals surface area contributed by atoms with Crippen LogP contribution in [0.5, 0.6) is 0 Å². The molecule has 1 aliphatic rings. The lowest BCUT2D eigenvalue weighted by Crippen LogP contribution is -2.54. The molecule has 0 N–H and O–H groups in total. The predicted molar refractivity (Wildman–Crippen MR) is 98.1 cm³/mol. The second-order valence-electron chi connectivity index (χ2n) is 6.24. The van der Waals surface area contributed by atoms with Gasteiger partial charge in [0.1, 0.15) is 0 Å². The van der Waals surface area contributed by atoms with Crippen molar-refractivity contribution in [1.29, 1.82) is 0 Å². The van der Waals surface area contributed by atoms with Crippen molar-refractivity contribution >= 4 is 11.9 Å². The van der Waals surface area contributed by atoms with E-state index in [1.54, 1.807) is 4.90 Å². The summed E-state index contributed by atoms with van der Waals surface area (Å²) in [4.78, 5) is 28.1. The first-order valence-electron chi connectivity index (χ1n) is 8.51. The largest absolute Gasteiger partial charge is 0.327 e. The first-order chi connectivity index (χ1) is 12.1. The van der Waals surface area contributed by atoms with Crippen molar-refractivity contribution in [2.75, 3.05) is 19.6 Å². The Balaban J connectivity index is 1.64. The molecule has 0 bridgehead atoms. The van der Waals surface area contributed by atoms with E-state index in [2.05, 4.69) is 6.58 Å². The fraction of sp³-hybridized carbons (Fsp3) is 0.238. The quantitative estimate of drug-likeness (QED) is 0.761. The van der Waals surface area contributed by atoms with E-state index in [9.17, 15) is 9.59 Å². The molecular weight excluding hydrogens is 312 g/mol. The lowest BCUT2D eigenvalue weighted by atomic mass is 10.1. The third-order valence-electron chi connectivity index (χ3n) is 4.41. The van der Waals surface area contributed by atoms with Crippen LogP contribution in [0.4, 0.5) is 4.79 Å². The van der Waals surface area contributed by atoms with Gasteiger partial charge in [-0.2, -0.15) is 0 Å². The number of rotatable bonds is 6. The molecule has 25 heavy (non-hydrogen) atoms. The molecule has 4 heteroatoms. The van der Waals surface area contributed by atoms with Crippen LogP contribution in [-0.4, -0.2) is 41.4 Å². The van der Waals surface area contributed by atoms with Crippen molar-refractivity contribution in [3.8, 4) is 0 Å². The van der Waals surface area contributed by atoms with Gasteiger partial charge in [-0.05, 0) is 24.0 Å². The number of carbonyl (C=O) groups is 2. The zero-order chi connectivity index (χ0) is 17.6. The maximum absolute atomic E-state index is 12.7. The summed E-state index contributed by atoms with van der Waals surface area (Å²) in [6.07, 6.45) is 1.42. The first-order valence-corrected chi connectivity index (χ1v) is 8.51. The van der Waals surface area contributed by atoms with Crippen LogP contribution in [0.2, 0.25) is 0 Å². The van der Waals surface area contributed by atoms with Crippen molar-refractivity contribution in [1.82, 2.24) is 9.80 Å². The summed E-state index contributed by atoms with van der Waals surface area (Å²) in [5, 5.41) is 0. The van der Waals surface area contributed by atoms with Gasteiger partial charge in [0.2, 0.25) is 0 Å². The van der Waals surface area contributed by atoms with Crippen LogP contribution in [0.1, 0.15) is 11.1 Å². The average molecular weight is 334 g/mol. The molecule has 2 aromatic carbocycles. The van der Waals surface area contributed by atoms with Crippen molar-refractivity contribution in [2.45, 2.75) is 12.8 Å². The van der Waals surface area contributed by atoms with Crippen LogP contribution in [0.15, 0.2) is 72.8 Å². The van der Waals surface area contributed by atoms with Crippen molar-refractivity contribution in [3.05, 3.63) is 83.9 Å². The van der Waals surface area contributed by atoms with E-state index in [0.29, 0.717) is 31.6 Å². The van der Waals surface area contributed by atoms with Gasteiger partial charge in [0.15, 0.2) is 0 Å². The minimum atomic E-state index is -0.253. The number of nitrogens with zero attached hydrogens (tertiary/aromatic N) is 2. The Labute approximate surface area is 148 Å². The molecule has 0 spiro atoms. The average Bonchev–Trinajstić information content (AvgIpc) is 2.65. The van der Waals surface area contributed by atoms with Gasteiger partial charge in [0.05, 0.1) is 6.54 Å². The second kappa shape index (κ2) is 7.79. The minimum Gasteiger partial charge on any atom is -0.319 e. The number of urea groups is 1. The van der Waals surface area contributed by atoms with Crippen LogP contribution in [0, 0.1) is 0 Å². The number of carbonyl (C=O) groups excluding carboxylic acids is 2. The summed E-state index contributed by atoms with van der Waals surface area (Å²) >= 11 is 0. The van der Waals surface area contributed by atoms with E-state index in [1.165, 1.54) is 10.5 Å². The molecule has 0 radical (unpaired) electrons. The van der Waals surface area contributed by atoms with E-state index >= 15 is 0 Å². The highest BCUT2D eigenvalue weighted by molar-refractivity contribution is 6.06. The van der Waals surface area contributed by atoms with Gasteiger partial charge in [-0.25, -0.2) is 4.79 Å². The SMILES string of the molecule is C=C1CN(CCc2ccccc2)C(=O)N(CCc2ccccc2)C1=O. The maximum atomic E-state index is 12.7. The number of hydrogen-bond acceptors (Lipinski definition) is 2. The molecule has 3 amide bonds. The molecule has 1 saturated heterocycles. The summed E-state index contributed by atoms with van der Waals surface area (Å²) in [6, 6.07) is 19.7. The third kappa shape index (κ3) is 4.15. The molecule has 1 heterocycles. The zero-order valence-corrected chi connectivity index (χ0v) is 14.2. The highest BCUT2D eigenvalue weighted by Gasteiger charge is 2.33. The highest BCUT2D eigenvalue weighted by Crippen LogP contribution is 2.16. The molecule has 1 aliphatic heterocycles. The molecule has 128 valence electrons. The van der Waals surface area contributed by atoms with Crippen LogP contribution < -0.4 is 0 Å². The summed E-state index contributed by atoms with van der Waals surface area (Å²) in [6.45, 7) is 5.12. The lowest BCUT2D eigenvalue weighted by Gasteiger charge is -2.35. The molecule has 0 unspecified atom stereocenters. The Morgan fingerprint density at radius 3 is 1.88 bits per heavy atom. The number of hydrogen-bond donors (Lipinski definition) is 0. The Kier molecular flexibility index (Phi) is 5.29. The van der Waals surface area contributed by atoms with E-state index in [0.717, 1.165) is 12.0 Å². The Morgan fingerprint density at radius 1 is 0.800 bits per heavy atom. The van der Waals surface area contributed by atoms with E-state index < -0.39 is 0 Å². The minimum absolute atomic E-state index is 0.218. The number of imide groups is 1. The maximum Gasteiger partial charge on any atom is 0.327 e. The summed E-state index contributed by atoms with van der Waals surface area (Å²) < 4.78 is 0. The fourth-order valence-electron chi connectivity index (χ4n) is 2.98. The lowest BCUT2D eigenvalue weighted by molar-refractivity contribution is -0.126. The summed E-state index contributed by atoms with van der Waals surface area (Å²) in [7, 11) is 0. The Bertz CT molecular complexity index is 756. The Hall–Kier alpha value is -2.88. The van der Waals surface area contributed by atoms with Crippen LogP contribution in [0.25, 0.3) is 0 Å². The van der Waals surface area contributed by atoms with Gasteiger partial charge in [-0.3, -0.25) is 9.69 Å². The molecule has 1 fully saturated rings.